The fraction of sp³-hybridized carbons (Fsp3) is 0.444. The Hall–Kier alpha value is -2.54. The summed E-state index contributed by atoms with van der Waals surface area (Å²) in [7, 11) is 0. The Bertz CT molecular complexity index is 812. The lowest BCUT2D eigenvalue weighted by Gasteiger charge is -2.35. The molecule has 1 aromatic heterocycles. The van der Waals surface area contributed by atoms with Crippen molar-refractivity contribution in [2.45, 2.75) is 19.9 Å². The van der Waals surface area contributed by atoms with E-state index >= 15 is 0 Å². The van der Waals surface area contributed by atoms with Gasteiger partial charge in [-0.2, -0.15) is 0 Å². The molecule has 7 heteroatoms. The largest absolute Gasteiger partial charge is 0.454 e. The maximum Gasteiger partial charge on any atom is 0.252 e. The summed E-state index contributed by atoms with van der Waals surface area (Å²) in [6, 6.07) is 7.68. The SMILES string of the molecule is CCc1cc(=O)[nH]c(N2CCN(Cc3ccc4c(c3)OCO4)CC2)n1. The lowest BCUT2D eigenvalue weighted by atomic mass is 10.1. The Kier molecular flexibility index (Phi) is 4.31. The Morgan fingerprint density at radius 1 is 1.12 bits per heavy atom. The highest BCUT2D eigenvalue weighted by Crippen LogP contribution is 2.32. The summed E-state index contributed by atoms with van der Waals surface area (Å²) in [6.07, 6.45) is 0.765. The van der Waals surface area contributed by atoms with Crippen LogP contribution in [0.15, 0.2) is 29.1 Å². The van der Waals surface area contributed by atoms with Gasteiger partial charge < -0.3 is 14.4 Å². The number of aryl methyl sites for hydroxylation is 1. The first-order valence-electron chi connectivity index (χ1n) is 8.67. The molecule has 7 nitrogen and oxygen atoms in total. The van der Waals surface area contributed by atoms with E-state index in [0.717, 1.165) is 56.3 Å². The Balaban J connectivity index is 1.38. The van der Waals surface area contributed by atoms with Gasteiger partial charge in [0.05, 0.1) is 0 Å². The molecule has 2 aliphatic rings. The molecule has 0 atom stereocenters. The predicted molar refractivity (Wildman–Crippen MR) is 94.3 cm³/mol. The second kappa shape index (κ2) is 6.76. The zero-order valence-corrected chi connectivity index (χ0v) is 14.3. The number of anilines is 1. The number of rotatable bonds is 4. The van der Waals surface area contributed by atoms with Crippen molar-refractivity contribution in [1.82, 2.24) is 14.9 Å². The van der Waals surface area contributed by atoms with Gasteiger partial charge in [0.15, 0.2) is 11.5 Å². The number of fused-ring (bicyclic) bond motifs is 1. The number of nitrogens with one attached hydrogen (secondary N) is 1. The minimum Gasteiger partial charge on any atom is -0.454 e. The topological polar surface area (TPSA) is 70.7 Å². The lowest BCUT2D eigenvalue weighted by molar-refractivity contribution is 0.174. The van der Waals surface area contributed by atoms with E-state index in [2.05, 4.69) is 31.9 Å². The van der Waals surface area contributed by atoms with Crippen LogP contribution in [0.2, 0.25) is 0 Å². The summed E-state index contributed by atoms with van der Waals surface area (Å²) in [5.41, 5.74) is 1.98. The molecule has 0 spiro atoms. The molecule has 0 radical (unpaired) electrons. The molecular weight excluding hydrogens is 320 g/mol. The van der Waals surface area contributed by atoms with Crippen LogP contribution in [-0.4, -0.2) is 47.8 Å². The highest BCUT2D eigenvalue weighted by molar-refractivity contribution is 5.44. The van der Waals surface area contributed by atoms with Gasteiger partial charge >= 0.3 is 0 Å². The first-order chi connectivity index (χ1) is 12.2. The van der Waals surface area contributed by atoms with Crippen molar-refractivity contribution in [2.75, 3.05) is 37.9 Å². The number of ether oxygens (including phenoxy) is 2. The number of hydrogen-bond acceptors (Lipinski definition) is 6. The molecule has 1 N–H and O–H groups in total. The molecule has 0 unspecified atom stereocenters. The van der Waals surface area contributed by atoms with Crippen molar-refractivity contribution >= 4 is 5.95 Å². The van der Waals surface area contributed by atoms with Gasteiger partial charge in [0.2, 0.25) is 12.7 Å². The van der Waals surface area contributed by atoms with Crippen LogP contribution in [-0.2, 0) is 13.0 Å². The van der Waals surface area contributed by atoms with Gasteiger partial charge in [-0.15, -0.1) is 0 Å². The van der Waals surface area contributed by atoms with E-state index < -0.39 is 0 Å². The van der Waals surface area contributed by atoms with Crippen molar-refractivity contribution in [3.63, 3.8) is 0 Å². The van der Waals surface area contributed by atoms with E-state index in [0.29, 0.717) is 12.7 Å². The van der Waals surface area contributed by atoms with Crippen molar-refractivity contribution in [3.8, 4) is 11.5 Å². The second-order valence-corrected chi connectivity index (χ2v) is 6.36. The number of aromatic amines is 1. The van der Waals surface area contributed by atoms with E-state index in [1.54, 1.807) is 6.07 Å². The zero-order chi connectivity index (χ0) is 17.2. The summed E-state index contributed by atoms with van der Waals surface area (Å²) in [4.78, 5) is 23.7. The molecule has 2 aromatic rings. The highest BCUT2D eigenvalue weighted by atomic mass is 16.7. The van der Waals surface area contributed by atoms with Gasteiger partial charge in [-0.05, 0) is 24.1 Å². The first kappa shape index (κ1) is 16.0. The predicted octanol–water partition coefficient (Wildman–Crippen LogP) is 1.38. The molecule has 0 amide bonds. The quantitative estimate of drug-likeness (QED) is 0.905. The van der Waals surface area contributed by atoms with Gasteiger partial charge in [-0.3, -0.25) is 14.7 Å². The number of piperazine rings is 1. The van der Waals surface area contributed by atoms with Gasteiger partial charge in [-0.1, -0.05) is 13.0 Å². The number of nitrogens with zero attached hydrogens (tertiary/aromatic N) is 3. The minimum atomic E-state index is -0.0790. The molecule has 0 bridgehead atoms. The van der Waals surface area contributed by atoms with Crippen LogP contribution < -0.4 is 19.9 Å². The summed E-state index contributed by atoms with van der Waals surface area (Å²) in [5.74, 6) is 2.33. The van der Waals surface area contributed by atoms with Crippen LogP contribution >= 0.6 is 0 Å². The highest BCUT2D eigenvalue weighted by Gasteiger charge is 2.20. The molecule has 1 fully saturated rings. The van der Waals surface area contributed by atoms with E-state index in [1.165, 1.54) is 5.56 Å². The van der Waals surface area contributed by atoms with Crippen LogP contribution in [0.4, 0.5) is 5.95 Å². The molecule has 132 valence electrons. The summed E-state index contributed by atoms with van der Waals surface area (Å²) in [5, 5.41) is 0. The molecular formula is C18H22N4O3. The van der Waals surface area contributed by atoms with E-state index in [4.69, 9.17) is 9.47 Å². The third kappa shape index (κ3) is 3.46. The van der Waals surface area contributed by atoms with E-state index in [1.807, 2.05) is 13.0 Å². The molecule has 0 aliphatic carbocycles. The molecule has 0 saturated carbocycles. The minimum absolute atomic E-state index is 0.0790. The van der Waals surface area contributed by atoms with Crippen LogP contribution in [0, 0.1) is 0 Å². The summed E-state index contributed by atoms with van der Waals surface area (Å²) < 4.78 is 10.8. The van der Waals surface area contributed by atoms with Gasteiger partial charge in [-0.25, -0.2) is 4.98 Å². The fourth-order valence-corrected chi connectivity index (χ4v) is 3.24. The maximum absolute atomic E-state index is 11.8. The third-order valence-electron chi connectivity index (χ3n) is 4.66. The van der Waals surface area contributed by atoms with E-state index in [9.17, 15) is 4.79 Å². The summed E-state index contributed by atoms with van der Waals surface area (Å²) >= 11 is 0. The number of H-pyrrole nitrogens is 1. The molecule has 25 heavy (non-hydrogen) atoms. The van der Waals surface area contributed by atoms with Crippen molar-refractivity contribution in [3.05, 3.63) is 45.9 Å². The number of benzene rings is 1. The van der Waals surface area contributed by atoms with Gasteiger partial charge in [0.25, 0.3) is 5.56 Å². The zero-order valence-electron chi connectivity index (χ0n) is 14.3. The fourth-order valence-electron chi connectivity index (χ4n) is 3.24. The average Bonchev–Trinajstić information content (AvgIpc) is 3.09. The monoisotopic (exact) mass is 342 g/mol. The normalized spacial score (nSPS) is 17.1. The van der Waals surface area contributed by atoms with Crippen LogP contribution in [0.1, 0.15) is 18.2 Å². The van der Waals surface area contributed by atoms with Crippen molar-refractivity contribution in [1.29, 1.82) is 0 Å². The maximum atomic E-state index is 11.8. The molecule has 3 heterocycles. The molecule has 1 saturated heterocycles. The Morgan fingerprint density at radius 2 is 1.92 bits per heavy atom. The van der Waals surface area contributed by atoms with Gasteiger partial charge in [0, 0.05) is 44.5 Å². The van der Waals surface area contributed by atoms with E-state index in [-0.39, 0.29) is 5.56 Å². The Morgan fingerprint density at radius 3 is 2.72 bits per heavy atom. The van der Waals surface area contributed by atoms with Crippen molar-refractivity contribution < 1.29 is 9.47 Å². The average molecular weight is 342 g/mol. The number of aromatic nitrogens is 2. The Labute approximate surface area is 146 Å². The van der Waals surface area contributed by atoms with Crippen LogP contribution in [0.3, 0.4) is 0 Å². The lowest BCUT2D eigenvalue weighted by Crippen LogP contribution is -2.47. The molecule has 2 aliphatic heterocycles. The summed E-state index contributed by atoms with van der Waals surface area (Å²) in [6.45, 7) is 6.74. The molecule has 4 rings (SSSR count). The van der Waals surface area contributed by atoms with Crippen LogP contribution in [0.5, 0.6) is 11.5 Å². The second-order valence-electron chi connectivity index (χ2n) is 6.36. The molecule has 1 aromatic carbocycles. The van der Waals surface area contributed by atoms with Crippen molar-refractivity contribution in [2.24, 2.45) is 0 Å². The third-order valence-corrected chi connectivity index (χ3v) is 4.66. The smallest absolute Gasteiger partial charge is 0.252 e. The van der Waals surface area contributed by atoms with Gasteiger partial charge in [0.1, 0.15) is 0 Å². The van der Waals surface area contributed by atoms with Crippen LogP contribution in [0.25, 0.3) is 0 Å². The number of hydrogen-bond donors (Lipinski definition) is 1. The first-order valence-corrected chi connectivity index (χ1v) is 8.67. The standard InChI is InChI=1S/C18H22N4O3/c1-2-14-10-17(23)20-18(19-14)22-7-5-21(6-8-22)11-13-3-4-15-16(9-13)25-12-24-15/h3-4,9-10H,2,5-8,11-12H2,1H3,(H,19,20,23).